The molecule has 2 aromatic carbocycles. The Hall–Kier alpha value is -2.80. The van der Waals surface area contributed by atoms with E-state index in [9.17, 15) is 4.79 Å². The monoisotopic (exact) mass is 397 g/mol. The summed E-state index contributed by atoms with van der Waals surface area (Å²) in [6.07, 6.45) is 2.28. The molecule has 0 bridgehead atoms. The molecule has 3 rings (SSSR count). The minimum absolute atomic E-state index is 0.0387. The molecule has 1 N–H and O–H groups in total. The molecule has 1 aliphatic heterocycles. The number of hydrogen-bond acceptors (Lipinski definition) is 6. The lowest BCUT2D eigenvalue weighted by Crippen LogP contribution is -2.25. The van der Waals surface area contributed by atoms with Gasteiger partial charge in [0, 0.05) is 0 Å². The third kappa shape index (κ3) is 5.13. The minimum Gasteiger partial charge on any atom is -0.493 e. The van der Waals surface area contributed by atoms with Crippen LogP contribution in [-0.2, 0) is 11.2 Å². The Kier molecular flexibility index (Phi) is 6.71. The molecule has 1 aliphatic rings. The summed E-state index contributed by atoms with van der Waals surface area (Å²) in [6, 6.07) is 13.7. The number of thioether (sulfide) groups is 1. The van der Waals surface area contributed by atoms with Crippen LogP contribution in [0.2, 0.25) is 0 Å². The molecule has 0 aromatic heterocycles. The molecule has 7 heteroatoms. The van der Waals surface area contributed by atoms with Gasteiger partial charge in [-0.15, -0.1) is 5.10 Å². The second-order valence-corrected chi connectivity index (χ2v) is 7.47. The van der Waals surface area contributed by atoms with Crippen molar-refractivity contribution < 1.29 is 14.3 Å². The van der Waals surface area contributed by atoms with Gasteiger partial charge >= 0.3 is 0 Å². The summed E-state index contributed by atoms with van der Waals surface area (Å²) in [4.78, 5) is 12.2. The van der Waals surface area contributed by atoms with Crippen molar-refractivity contribution in [3.05, 3.63) is 59.2 Å². The first-order valence-electron chi connectivity index (χ1n) is 9.04. The highest BCUT2D eigenvalue weighted by Gasteiger charge is 2.30. The predicted octanol–water partition coefficient (Wildman–Crippen LogP) is 3.57. The summed E-state index contributed by atoms with van der Waals surface area (Å²) in [5, 5.41) is 11.3. The first-order chi connectivity index (χ1) is 13.6. The Morgan fingerprint density at radius 1 is 1.21 bits per heavy atom. The van der Waals surface area contributed by atoms with Crippen LogP contribution in [0.25, 0.3) is 0 Å². The number of hydrogen-bond donors (Lipinski definition) is 1. The summed E-state index contributed by atoms with van der Waals surface area (Å²) in [6.45, 7) is 4.53. The van der Waals surface area contributed by atoms with Gasteiger partial charge in [-0.25, -0.2) is 0 Å². The molecule has 146 valence electrons. The first kappa shape index (κ1) is 19.9. The van der Waals surface area contributed by atoms with E-state index in [1.165, 1.54) is 17.3 Å². The predicted molar refractivity (Wildman–Crippen MR) is 114 cm³/mol. The number of aryl methyl sites for hydroxylation is 1. The average molecular weight is 398 g/mol. The van der Waals surface area contributed by atoms with Crippen LogP contribution >= 0.6 is 11.8 Å². The van der Waals surface area contributed by atoms with Gasteiger partial charge in [0.05, 0.1) is 25.2 Å². The van der Waals surface area contributed by atoms with Gasteiger partial charge in [-0.05, 0) is 49.6 Å². The maximum Gasteiger partial charge on any atom is 0.239 e. The fourth-order valence-corrected chi connectivity index (χ4v) is 3.79. The van der Waals surface area contributed by atoms with Gasteiger partial charge in [0.2, 0.25) is 5.91 Å². The van der Waals surface area contributed by atoms with Gasteiger partial charge in [-0.3, -0.25) is 4.79 Å². The van der Waals surface area contributed by atoms with Crippen molar-refractivity contribution in [2.45, 2.75) is 25.5 Å². The number of benzene rings is 2. The number of amidine groups is 1. The number of ether oxygens (including phenoxy) is 2. The Morgan fingerprint density at radius 2 is 2.07 bits per heavy atom. The molecule has 0 spiro atoms. The molecule has 6 nitrogen and oxygen atoms in total. The molecule has 2 aromatic rings. The smallest absolute Gasteiger partial charge is 0.239 e. The zero-order chi connectivity index (χ0) is 19.9. The lowest BCUT2D eigenvalue weighted by Gasteiger charge is -2.09. The Bertz CT molecular complexity index is 912. The maximum atomic E-state index is 12.2. The summed E-state index contributed by atoms with van der Waals surface area (Å²) < 4.78 is 10.8. The molecule has 1 saturated heterocycles. The van der Waals surface area contributed by atoms with E-state index < -0.39 is 0 Å². The van der Waals surface area contributed by atoms with Crippen molar-refractivity contribution in [3.8, 4) is 11.5 Å². The maximum absolute atomic E-state index is 12.2. The van der Waals surface area contributed by atoms with Gasteiger partial charge in [0.1, 0.15) is 0 Å². The minimum atomic E-state index is -0.193. The highest BCUT2D eigenvalue weighted by Crippen LogP contribution is 2.27. The summed E-state index contributed by atoms with van der Waals surface area (Å²) in [5.74, 6) is 1.29. The van der Waals surface area contributed by atoms with Crippen LogP contribution in [0.1, 0.15) is 23.6 Å². The third-order valence-corrected chi connectivity index (χ3v) is 5.20. The highest BCUT2D eigenvalue weighted by atomic mass is 32.2. The van der Waals surface area contributed by atoms with Gasteiger partial charge in [-0.1, -0.05) is 41.6 Å². The number of carbonyl (C=O) groups excluding carboxylic acids is 1. The normalized spacial score (nSPS) is 17.9. The van der Waals surface area contributed by atoms with Crippen LogP contribution in [0, 0.1) is 6.92 Å². The van der Waals surface area contributed by atoms with E-state index in [1.807, 2.05) is 50.2 Å². The third-order valence-electron chi connectivity index (χ3n) is 4.12. The van der Waals surface area contributed by atoms with Crippen molar-refractivity contribution >= 4 is 29.1 Å². The summed E-state index contributed by atoms with van der Waals surface area (Å²) in [5.41, 5.74) is 3.15. The second kappa shape index (κ2) is 9.41. The van der Waals surface area contributed by atoms with E-state index >= 15 is 0 Å². The highest BCUT2D eigenvalue weighted by molar-refractivity contribution is 8.15. The van der Waals surface area contributed by atoms with Crippen LogP contribution in [0.15, 0.2) is 52.7 Å². The van der Waals surface area contributed by atoms with E-state index in [2.05, 4.69) is 21.6 Å². The number of rotatable bonds is 7. The van der Waals surface area contributed by atoms with Crippen molar-refractivity contribution in [2.24, 2.45) is 10.2 Å². The number of amides is 1. The average Bonchev–Trinajstić information content (AvgIpc) is 3.02. The molecule has 1 amide bonds. The van der Waals surface area contributed by atoms with E-state index in [0.717, 1.165) is 11.1 Å². The number of nitrogens with one attached hydrogen (secondary N) is 1. The lowest BCUT2D eigenvalue weighted by molar-refractivity contribution is -0.118. The fraction of sp³-hybridized carbons (Fsp3) is 0.286. The van der Waals surface area contributed by atoms with Crippen LogP contribution in [0.3, 0.4) is 0 Å². The lowest BCUT2D eigenvalue weighted by atomic mass is 10.1. The molecule has 0 saturated carbocycles. The molecule has 1 fully saturated rings. The standard InChI is InChI=1S/C21H23N3O3S/c1-4-27-17-9-8-16(11-18(17)26-3)13-22-24-21-23-20(25)19(28-21)12-15-7-5-6-14(2)10-15/h5-11,13,19H,4,12H2,1-3H3,(H,23,24,25)/b22-13+. The van der Waals surface area contributed by atoms with Crippen LogP contribution in [0.5, 0.6) is 11.5 Å². The summed E-state index contributed by atoms with van der Waals surface area (Å²) in [7, 11) is 1.60. The van der Waals surface area contributed by atoms with Crippen LogP contribution in [-0.4, -0.2) is 36.3 Å². The Morgan fingerprint density at radius 3 is 2.82 bits per heavy atom. The van der Waals surface area contributed by atoms with Gasteiger partial charge in [0.25, 0.3) is 0 Å². The Balaban J connectivity index is 1.64. The zero-order valence-corrected chi connectivity index (χ0v) is 17.0. The molecule has 28 heavy (non-hydrogen) atoms. The molecular formula is C21H23N3O3S. The molecule has 0 aliphatic carbocycles. The molecule has 0 radical (unpaired) electrons. The zero-order valence-electron chi connectivity index (χ0n) is 16.1. The van der Waals surface area contributed by atoms with E-state index in [0.29, 0.717) is 29.7 Å². The molecular weight excluding hydrogens is 374 g/mol. The second-order valence-electron chi connectivity index (χ2n) is 6.28. The summed E-state index contributed by atoms with van der Waals surface area (Å²) >= 11 is 1.40. The van der Waals surface area contributed by atoms with Gasteiger partial charge in [-0.2, -0.15) is 5.10 Å². The van der Waals surface area contributed by atoms with Crippen molar-refractivity contribution in [2.75, 3.05) is 13.7 Å². The van der Waals surface area contributed by atoms with E-state index in [4.69, 9.17) is 9.47 Å². The van der Waals surface area contributed by atoms with Crippen molar-refractivity contribution in [1.82, 2.24) is 5.32 Å². The molecule has 1 heterocycles. The number of nitrogens with zero attached hydrogens (tertiary/aromatic N) is 2. The van der Waals surface area contributed by atoms with Crippen molar-refractivity contribution in [1.29, 1.82) is 0 Å². The first-order valence-corrected chi connectivity index (χ1v) is 9.92. The van der Waals surface area contributed by atoms with E-state index in [-0.39, 0.29) is 11.2 Å². The largest absolute Gasteiger partial charge is 0.493 e. The number of methoxy groups -OCH3 is 1. The molecule has 1 unspecified atom stereocenters. The van der Waals surface area contributed by atoms with Crippen LogP contribution in [0.4, 0.5) is 0 Å². The van der Waals surface area contributed by atoms with Crippen LogP contribution < -0.4 is 14.8 Å². The van der Waals surface area contributed by atoms with Gasteiger partial charge in [0.15, 0.2) is 16.7 Å². The van der Waals surface area contributed by atoms with E-state index in [1.54, 1.807) is 13.3 Å². The van der Waals surface area contributed by atoms with Crippen molar-refractivity contribution in [3.63, 3.8) is 0 Å². The Labute approximate surface area is 169 Å². The quantitative estimate of drug-likeness (QED) is 0.573. The topological polar surface area (TPSA) is 72.3 Å². The SMILES string of the molecule is CCOc1ccc(/C=N/N=C2\NC(=O)C(Cc3cccc(C)c3)S2)cc1OC. The van der Waals surface area contributed by atoms with Gasteiger partial charge < -0.3 is 14.8 Å². The number of carbonyl (C=O) groups is 1. The fourth-order valence-electron chi connectivity index (χ4n) is 2.83. The molecule has 1 atom stereocenters.